The summed E-state index contributed by atoms with van der Waals surface area (Å²) in [6.07, 6.45) is -4.77. The molecule has 3 N–H and O–H groups in total. The van der Waals surface area contributed by atoms with Gasteiger partial charge in [-0.05, 0) is 36.8 Å². The summed E-state index contributed by atoms with van der Waals surface area (Å²) in [5, 5.41) is 2.57. The molecule has 14 nitrogen and oxygen atoms in total. The maximum atomic E-state index is 12.8. The van der Waals surface area contributed by atoms with Crippen molar-refractivity contribution < 1.29 is 57.1 Å². The van der Waals surface area contributed by atoms with Crippen LogP contribution in [-0.4, -0.2) is 76.2 Å². The lowest BCUT2D eigenvalue weighted by Gasteiger charge is -2.32. The number of nitrogens with two attached hydrogens (primary N) is 1. The predicted octanol–water partition coefficient (Wildman–Crippen LogP) is 3.22. The number of carbonyl (C=O) groups is 4. The van der Waals surface area contributed by atoms with E-state index >= 15 is 0 Å². The summed E-state index contributed by atoms with van der Waals surface area (Å²) < 4.78 is 42.4. The van der Waals surface area contributed by atoms with Crippen molar-refractivity contribution in [3.63, 3.8) is 0 Å². The fraction of sp³-hybridized carbons (Fsp3) is 0.448. The van der Waals surface area contributed by atoms with Gasteiger partial charge in [-0.1, -0.05) is 23.8 Å². The molecule has 2 aromatic rings. The minimum absolute atomic E-state index is 0.0112. The van der Waals surface area contributed by atoms with Gasteiger partial charge in [-0.2, -0.15) is 0 Å². The van der Waals surface area contributed by atoms with E-state index in [1.807, 2.05) is 6.92 Å². The van der Waals surface area contributed by atoms with E-state index in [1.54, 1.807) is 36.4 Å². The van der Waals surface area contributed by atoms with Crippen LogP contribution < -0.4 is 20.5 Å². The normalized spacial score (nSPS) is 17.7. The van der Waals surface area contributed by atoms with Gasteiger partial charge >= 0.3 is 24.2 Å². The second-order valence-electron chi connectivity index (χ2n) is 9.34. The van der Waals surface area contributed by atoms with E-state index in [-0.39, 0.29) is 44.1 Å². The molecule has 0 saturated carbocycles. The Bertz CT molecular complexity index is 1240. The maximum Gasteiger partial charge on any atom is 0.514 e. The Balaban J connectivity index is 1.64. The van der Waals surface area contributed by atoms with Crippen LogP contribution in [0.5, 0.6) is 11.5 Å². The van der Waals surface area contributed by atoms with Gasteiger partial charge in [0.1, 0.15) is 30.8 Å². The molecule has 234 valence electrons. The number of anilines is 1. The third kappa shape index (κ3) is 11.4. The Morgan fingerprint density at radius 3 is 2.47 bits per heavy atom. The average Bonchev–Trinajstić information content (AvgIpc) is 2.97. The summed E-state index contributed by atoms with van der Waals surface area (Å²) in [5.41, 5.74) is 7.22. The molecule has 2 aromatic carbocycles. The highest BCUT2D eigenvalue weighted by molar-refractivity contribution is 5.87. The van der Waals surface area contributed by atoms with Gasteiger partial charge in [0, 0.05) is 26.3 Å². The minimum Gasteiger partial charge on any atom is -0.489 e. The van der Waals surface area contributed by atoms with Crippen LogP contribution in [0.4, 0.5) is 15.3 Å². The molecule has 0 aromatic heterocycles. The van der Waals surface area contributed by atoms with Crippen molar-refractivity contribution in [1.29, 1.82) is 0 Å². The zero-order chi connectivity index (χ0) is 31.2. The number of carbonyl (C=O) groups excluding carboxylic acids is 4. The SMILES string of the molecule is COC(=O)C1CC(OC(C)=O)CC(OC(=O)Nc2ccc(COC(=O)Oc3ccc(C)cc3)cc2OCCOCCN)O1. The molecule has 0 aliphatic carbocycles. The molecule has 1 fully saturated rings. The number of benzene rings is 2. The second kappa shape index (κ2) is 16.9. The van der Waals surface area contributed by atoms with Crippen molar-refractivity contribution in [2.24, 2.45) is 5.73 Å². The number of esters is 2. The van der Waals surface area contributed by atoms with Crippen LogP contribution in [0.1, 0.15) is 30.9 Å². The molecule has 3 atom stereocenters. The molecule has 3 unspecified atom stereocenters. The van der Waals surface area contributed by atoms with Crippen molar-refractivity contribution in [3.8, 4) is 11.5 Å². The van der Waals surface area contributed by atoms with E-state index in [2.05, 4.69) is 5.32 Å². The van der Waals surface area contributed by atoms with Crippen LogP contribution in [0.3, 0.4) is 0 Å². The standard InChI is InChI=1S/C29H36N2O12/c1-18-4-7-21(8-5-18)41-29(35)39-17-20-6-9-23(24(14-20)38-13-12-37-11-10-30)31-28(34)43-26-16-22(40-19(2)32)15-25(42-26)27(33)36-3/h4-9,14,22,25-26H,10-13,15-17,30H2,1-3H3,(H,31,34). The van der Waals surface area contributed by atoms with Gasteiger partial charge in [0.2, 0.25) is 6.29 Å². The largest absolute Gasteiger partial charge is 0.514 e. The third-order valence-electron chi connectivity index (χ3n) is 5.89. The third-order valence-corrected chi connectivity index (χ3v) is 5.89. The summed E-state index contributed by atoms with van der Waals surface area (Å²) in [6, 6.07) is 11.6. The summed E-state index contributed by atoms with van der Waals surface area (Å²) >= 11 is 0. The molecule has 1 saturated heterocycles. The number of nitrogens with one attached hydrogen (secondary N) is 1. The smallest absolute Gasteiger partial charge is 0.489 e. The Labute approximate surface area is 248 Å². The molecule has 0 bridgehead atoms. The molecule has 1 aliphatic heterocycles. The number of amides is 1. The molecule has 14 heteroatoms. The fourth-order valence-corrected chi connectivity index (χ4v) is 3.94. The quantitative estimate of drug-likeness (QED) is 0.147. The lowest BCUT2D eigenvalue weighted by molar-refractivity contribution is -0.210. The van der Waals surface area contributed by atoms with E-state index < -0.39 is 42.7 Å². The zero-order valence-electron chi connectivity index (χ0n) is 24.2. The summed E-state index contributed by atoms with van der Waals surface area (Å²) in [4.78, 5) is 48.4. The van der Waals surface area contributed by atoms with Crippen LogP contribution in [0, 0.1) is 6.92 Å². The van der Waals surface area contributed by atoms with Gasteiger partial charge in [-0.15, -0.1) is 0 Å². The molecule has 0 radical (unpaired) electrons. The van der Waals surface area contributed by atoms with Crippen molar-refractivity contribution in [2.75, 3.05) is 38.8 Å². The molecule has 43 heavy (non-hydrogen) atoms. The van der Waals surface area contributed by atoms with Crippen LogP contribution in [-0.2, 0) is 44.6 Å². The lowest BCUT2D eigenvalue weighted by atomic mass is 10.0. The Morgan fingerprint density at radius 2 is 1.77 bits per heavy atom. The first-order valence-electron chi connectivity index (χ1n) is 13.5. The van der Waals surface area contributed by atoms with Crippen LogP contribution in [0.25, 0.3) is 0 Å². The molecule has 3 rings (SSSR count). The van der Waals surface area contributed by atoms with E-state index in [4.69, 9.17) is 43.6 Å². The monoisotopic (exact) mass is 604 g/mol. The van der Waals surface area contributed by atoms with Crippen LogP contribution in [0.15, 0.2) is 42.5 Å². The summed E-state index contributed by atoms with van der Waals surface area (Å²) in [5.74, 6) is -0.673. The van der Waals surface area contributed by atoms with Gasteiger partial charge in [0.15, 0.2) is 6.10 Å². The molecule has 0 spiro atoms. The number of hydrogen-bond acceptors (Lipinski definition) is 13. The highest BCUT2D eigenvalue weighted by atomic mass is 16.7. The van der Waals surface area contributed by atoms with E-state index in [9.17, 15) is 19.2 Å². The Kier molecular flexibility index (Phi) is 13.0. The highest BCUT2D eigenvalue weighted by Gasteiger charge is 2.38. The van der Waals surface area contributed by atoms with Crippen molar-refractivity contribution in [1.82, 2.24) is 0 Å². The summed E-state index contributed by atoms with van der Waals surface area (Å²) in [6.45, 7) is 4.05. The van der Waals surface area contributed by atoms with Gasteiger partial charge in [0.05, 0.1) is 26.0 Å². The van der Waals surface area contributed by atoms with Gasteiger partial charge in [0.25, 0.3) is 0 Å². The minimum atomic E-state index is -1.21. The second-order valence-corrected chi connectivity index (χ2v) is 9.34. The number of methoxy groups -OCH3 is 1. The van der Waals surface area contributed by atoms with E-state index in [1.165, 1.54) is 20.1 Å². The summed E-state index contributed by atoms with van der Waals surface area (Å²) in [7, 11) is 1.19. The van der Waals surface area contributed by atoms with Gasteiger partial charge in [-0.25, -0.2) is 14.4 Å². The fourth-order valence-electron chi connectivity index (χ4n) is 3.94. The van der Waals surface area contributed by atoms with Crippen LogP contribution in [0.2, 0.25) is 0 Å². The number of hydrogen-bond donors (Lipinski definition) is 2. The zero-order valence-corrected chi connectivity index (χ0v) is 24.2. The van der Waals surface area contributed by atoms with Gasteiger partial charge in [-0.3, -0.25) is 10.1 Å². The first-order valence-corrected chi connectivity index (χ1v) is 13.5. The molecule has 1 heterocycles. The van der Waals surface area contributed by atoms with Gasteiger partial charge < -0.3 is 43.6 Å². The van der Waals surface area contributed by atoms with E-state index in [0.29, 0.717) is 24.5 Å². The first kappa shape index (κ1) is 33.1. The van der Waals surface area contributed by atoms with Crippen LogP contribution >= 0.6 is 0 Å². The predicted molar refractivity (Wildman–Crippen MR) is 149 cm³/mol. The van der Waals surface area contributed by atoms with Crippen molar-refractivity contribution >= 4 is 29.9 Å². The Hall–Kier alpha value is -4.40. The topological polar surface area (TPSA) is 180 Å². The maximum absolute atomic E-state index is 12.8. The van der Waals surface area contributed by atoms with Crippen molar-refractivity contribution in [3.05, 3.63) is 53.6 Å². The Morgan fingerprint density at radius 1 is 1.00 bits per heavy atom. The lowest BCUT2D eigenvalue weighted by Crippen LogP contribution is -2.44. The molecular formula is C29H36N2O12. The average molecular weight is 605 g/mol. The van der Waals surface area contributed by atoms with E-state index in [0.717, 1.165) is 5.56 Å². The number of rotatable bonds is 13. The molecule has 1 amide bonds. The molecular weight excluding hydrogens is 568 g/mol. The molecule has 1 aliphatic rings. The van der Waals surface area contributed by atoms with Crippen molar-refractivity contribution in [2.45, 2.75) is 51.8 Å². The number of aryl methyl sites for hydroxylation is 1. The highest BCUT2D eigenvalue weighted by Crippen LogP contribution is 2.28. The first-order chi connectivity index (χ1) is 20.7. The number of ether oxygens (including phenoxy) is 8.